The molecule has 0 bridgehead atoms. The maximum atomic E-state index is 6.14. The summed E-state index contributed by atoms with van der Waals surface area (Å²) in [4.78, 5) is 8.07. The normalized spacial score (nSPS) is 10.4. The zero-order valence-corrected chi connectivity index (χ0v) is 11.5. The van der Waals surface area contributed by atoms with Crippen LogP contribution >= 0.6 is 23.2 Å². The second-order valence-electron chi connectivity index (χ2n) is 3.96. The number of nitrogen functional groups attached to an aromatic ring is 1. The van der Waals surface area contributed by atoms with E-state index in [9.17, 15) is 0 Å². The van der Waals surface area contributed by atoms with Gasteiger partial charge in [0.1, 0.15) is 5.82 Å². The standard InChI is InChI=1S/C12H12Cl2N4/c1-6-3-9(14)10(5-8(6)13)17-11-4-7(2)16-12(15)18-11/h3-5H,1-2H3,(H3,15,16,17,18). The summed E-state index contributed by atoms with van der Waals surface area (Å²) in [5.41, 5.74) is 7.97. The van der Waals surface area contributed by atoms with Crippen molar-refractivity contribution in [2.24, 2.45) is 0 Å². The number of nitrogens with one attached hydrogen (secondary N) is 1. The maximum absolute atomic E-state index is 6.14. The molecule has 0 aliphatic carbocycles. The quantitative estimate of drug-likeness (QED) is 0.881. The van der Waals surface area contributed by atoms with Gasteiger partial charge in [-0.15, -0.1) is 0 Å². The van der Waals surface area contributed by atoms with Crippen LogP contribution in [0.3, 0.4) is 0 Å². The minimum atomic E-state index is 0.215. The van der Waals surface area contributed by atoms with Crippen molar-refractivity contribution in [2.45, 2.75) is 13.8 Å². The lowest BCUT2D eigenvalue weighted by molar-refractivity contribution is 1.12. The number of rotatable bonds is 2. The van der Waals surface area contributed by atoms with Gasteiger partial charge in [-0.3, -0.25) is 0 Å². The lowest BCUT2D eigenvalue weighted by Gasteiger charge is -2.10. The molecular weight excluding hydrogens is 271 g/mol. The number of nitrogens with zero attached hydrogens (tertiary/aromatic N) is 2. The number of hydrogen-bond acceptors (Lipinski definition) is 4. The van der Waals surface area contributed by atoms with Crippen LogP contribution in [0.5, 0.6) is 0 Å². The van der Waals surface area contributed by atoms with Gasteiger partial charge in [0.2, 0.25) is 5.95 Å². The summed E-state index contributed by atoms with van der Waals surface area (Å²) in [6.45, 7) is 3.73. The van der Waals surface area contributed by atoms with Crippen LogP contribution in [-0.4, -0.2) is 9.97 Å². The Balaban J connectivity index is 2.36. The van der Waals surface area contributed by atoms with Crippen molar-refractivity contribution in [2.75, 3.05) is 11.1 Å². The molecule has 18 heavy (non-hydrogen) atoms. The molecule has 0 aliphatic heterocycles. The molecule has 0 atom stereocenters. The summed E-state index contributed by atoms with van der Waals surface area (Å²) < 4.78 is 0. The van der Waals surface area contributed by atoms with E-state index in [-0.39, 0.29) is 5.95 Å². The van der Waals surface area contributed by atoms with Crippen molar-refractivity contribution in [1.82, 2.24) is 9.97 Å². The molecule has 1 heterocycles. The van der Waals surface area contributed by atoms with Gasteiger partial charge >= 0.3 is 0 Å². The van der Waals surface area contributed by atoms with Crippen LogP contribution in [0.4, 0.5) is 17.5 Å². The first-order chi connectivity index (χ1) is 8.45. The van der Waals surface area contributed by atoms with Crippen molar-refractivity contribution < 1.29 is 0 Å². The number of aryl methyl sites for hydroxylation is 2. The molecule has 0 unspecified atom stereocenters. The van der Waals surface area contributed by atoms with E-state index in [2.05, 4.69) is 15.3 Å². The highest BCUT2D eigenvalue weighted by atomic mass is 35.5. The smallest absolute Gasteiger partial charge is 0.222 e. The Hall–Kier alpha value is -1.52. The van der Waals surface area contributed by atoms with E-state index in [1.165, 1.54) is 0 Å². The van der Waals surface area contributed by atoms with E-state index in [1.54, 1.807) is 18.2 Å². The van der Waals surface area contributed by atoms with Crippen LogP contribution in [0.2, 0.25) is 10.0 Å². The third-order valence-electron chi connectivity index (χ3n) is 2.38. The average Bonchev–Trinajstić information content (AvgIpc) is 2.24. The van der Waals surface area contributed by atoms with Crippen LogP contribution in [0.15, 0.2) is 18.2 Å². The number of halogens is 2. The summed E-state index contributed by atoms with van der Waals surface area (Å²) >= 11 is 12.2. The Labute approximate surface area is 115 Å². The molecule has 6 heteroatoms. The van der Waals surface area contributed by atoms with E-state index in [0.717, 1.165) is 11.3 Å². The molecule has 0 saturated heterocycles. The fourth-order valence-corrected chi connectivity index (χ4v) is 1.96. The molecule has 0 amide bonds. The van der Waals surface area contributed by atoms with E-state index in [1.807, 2.05) is 13.8 Å². The second kappa shape index (κ2) is 5.00. The lowest BCUT2D eigenvalue weighted by Crippen LogP contribution is -2.01. The van der Waals surface area contributed by atoms with Gasteiger partial charge in [-0.05, 0) is 31.5 Å². The van der Waals surface area contributed by atoms with E-state index < -0.39 is 0 Å². The minimum absolute atomic E-state index is 0.215. The summed E-state index contributed by atoms with van der Waals surface area (Å²) in [6.07, 6.45) is 0. The molecular formula is C12H12Cl2N4. The summed E-state index contributed by atoms with van der Waals surface area (Å²) in [5, 5.41) is 4.29. The van der Waals surface area contributed by atoms with Crippen molar-refractivity contribution in [3.8, 4) is 0 Å². The van der Waals surface area contributed by atoms with Gasteiger partial charge in [0.15, 0.2) is 0 Å². The monoisotopic (exact) mass is 282 g/mol. The van der Waals surface area contributed by atoms with Gasteiger partial charge in [-0.2, -0.15) is 4.98 Å². The Morgan fingerprint density at radius 3 is 2.44 bits per heavy atom. The molecule has 0 radical (unpaired) electrons. The minimum Gasteiger partial charge on any atom is -0.368 e. The molecule has 2 aromatic rings. The van der Waals surface area contributed by atoms with Crippen LogP contribution in [-0.2, 0) is 0 Å². The molecule has 4 nitrogen and oxygen atoms in total. The van der Waals surface area contributed by atoms with Crippen molar-refractivity contribution in [3.63, 3.8) is 0 Å². The highest BCUT2D eigenvalue weighted by Crippen LogP contribution is 2.30. The van der Waals surface area contributed by atoms with Gasteiger partial charge in [0.05, 0.1) is 10.7 Å². The van der Waals surface area contributed by atoms with Gasteiger partial charge in [0.25, 0.3) is 0 Å². The first-order valence-electron chi connectivity index (χ1n) is 5.29. The topological polar surface area (TPSA) is 63.8 Å². The highest BCUT2D eigenvalue weighted by molar-refractivity contribution is 6.35. The zero-order valence-electron chi connectivity index (χ0n) is 9.96. The van der Waals surface area contributed by atoms with Gasteiger partial charge in [-0.25, -0.2) is 4.98 Å². The maximum Gasteiger partial charge on any atom is 0.222 e. The van der Waals surface area contributed by atoms with Gasteiger partial charge in [-0.1, -0.05) is 23.2 Å². The molecule has 94 valence electrons. The number of anilines is 3. The zero-order chi connectivity index (χ0) is 13.3. The van der Waals surface area contributed by atoms with E-state index in [4.69, 9.17) is 28.9 Å². The fourth-order valence-electron chi connectivity index (χ4n) is 1.54. The lowest BCUT2D eigenvalue weighted by atomic mass is 10.2. The van der Waals surface area contributed by atoms with E-state index in [0.29, 0.717) is 21.6 Å². The Morgan fingerprint density at radius 2 is 1.78 bits per heavy atom. The molecule has 1 aromatic heterocycles. The van der Waals surface area contributed by atoms with E-state index >= 15 is 0 Å². The second-order valence-corrected chi connectivity index (χ2v) is 4.77. The number of aromatic nitrogens is 2. The first-order valence-corrected chi connectivity index (χ1v) is 6.05. The molecule has 3 N–H and O–H groups in total. The summed E-state index contributed by atoms with van der Waals surface area (Å²) in [7, 11) is 0. The predicted molar refractivity (Wildman–Crippen MR) is 75.7 cm³/mol. The van der Waals surface area contributed by atoms with Crippen LogP contribution < -0.4 is 11.1 Å². The van der Waals surface area contributed by atoms with Crippen molar-refractivity contribution >= 4 is 40.7 Å². The van der Waals surface area contributed by atoms with Gasteiger partial charge < -0.3 is 11.1 Å². The molecule has 1 aromatic carbocycles. The van der Waals surface area contributed by atoms with Gasteiger partial charge in [0, 0.05) is 16.8 Å². The average molecular weight is 283 g/mol. The number of nitrogens with two attached hydrogens (primary N) is 1. The summed E-state index contributed by atoms with van der Waals surface area (Å²) in [5.74, 6) is 0.800. The molecule has 2 rings (SSSR count). The Morgan fingerprint density at radius 1 is 1.06 bits per heavy atom. The van der Waals surface area contributed by atoms with Crippen LogP contribution in [0.1, 0.15) is 11.3 Å². The Kier molecular flexibility index (Phi) is 3.59. The molecule has 0 fully saturated rings. The molecule has 0 aliphatic rings. The highest BCUT2D eigenvalue weighted by Gasteiger charge is 2.06. The van der Waals surface area contributed by atoms with Crippen molar-refractivity contribution in [3.05, 3.63) is 39.5 Å². The number of hydrogen-bond donors (Lipinski definition) is 2. The third kappa shape index (κ3) is 2.83. The number of benzene rings is 1. The third-order valence-corrected chi connectivity index (χ3v) is 3.10. The summed E-state index contributed by atoms with van der Waals surface area (Å²) in [6, 6.07) is 5.33. The Bertz CT molecular complexity index is 579. The fraction of sp³-hybridized carbons (Fsp3) is 0.167. The van der Waals surface area contributed by atoms with Crippen molar-refractivity contribution in [1.29, 1.82) is 0 Å². The molecule has 0 saturated carbocycles. The van der Waals surface area contributed by atoms with Crippen LogP contribution in [0, 0.1) is 13.8 Å². The van der Waals surface area contributed by atoms with Crippen LogP contribution in [0.25, 0.3) is 0 Å². The predicted octanol–water partition coefficient (Wildman–Crippen LogP) is 3.73. The largest absolute Gasteiger partial charge is 0.368 e. The molecule has 0 spiro atoms. The first kappa shape index (κ1) is 12.9. The SMILES string of the molecule is Cc1cc(Nc2cc(Cl)c(C)cc2Cl)nc(N)n1.